The van der Waals surface area contributed by atoms with Gasteiger partial charge in [0.25, 0.3) is 0 Å². The Morgan fingerprint density at radius 2 is 1.24 bits per heavy atom. The maximum absolute atomic E-state index is 12.2. The number of methoxy groups -OCH3 is 3. The van der Waals surface area contributed by atoms with Crippen molar-refractivity contribution < 1.29 is 38.1 Å². The molecule has 8 heteroatoms. The molecule has 0 amide bonds. The van der Waals surface area contributed by atoms with Crippen molar-refractivity contribution >= 4 is 23.9 Å². The van der Waals surface area contributed by atoms with Crippen molar-refractivity contribution in [1.82, 2.24) is 0 Å². The molecule has 0 aromatic carbocycles. The lowest BCUT2D eigenvalue weighted by Crippen LogP contribution is -2.48. The number of rotatable bonds is 12. The van der Waals surface area contributed by atoms with Crippen LogP contribution in [0.3, 0.4) is 0 Å². The number of esters is 4. The molecule has 0 aliphatic rings. The number of carbonyl (C=O) groups is 4. The molecule has 0 radical (unpaired) electrons. The standard InChI is InChI=1S/C17H28O8/c1-5-6-7-8-9-10-13(18)25-17(16(21)24-4,11-14(19)22-2)12-15(20)23-3/h5-12H2,1-4H3. The van der Waals surface area contributed by atoms with E-state index in [0.29, 0.717) is 6.42 Å². The van der Waals surface area contributed by atoms with E-state index in [9.17, 15) is 19.2 Å². The molecule has 0 saturated heterocycles. The van der Waals surface area contributed by atoms with E-state index in [1.165, 1.54) is 0 Å². The molecular weight excluding hydrogens is 332 g/mol. The van der Waals surface area contributed by atoms with Crippen molar-refractivity contribution in [2.24, 2.45) is 0 Å². The second-order valence-corrected chi connectivity index (χ2v) is 5.63. The molecule has 0 unspecified atom stereocenters. The molecule has 0 aromatic rings. The summed E-state index contributed by atoms with van der Waals surface area (Å²) in [6, 6.07) is 0. The first-order valence-corrected chi connectivity index (χ1v) is 8.29. The lowest BCUT2D eigenvalue weighted by atomic mass is 9.95. The van der Waals surface area contributed by atoms with E-state index in [0.717, 1.165) is 47.0 Å². The molecule has 0 aromatic heterocycles. The van der Waals surface area contributed by atoms with Gasteiger partial charge in [-0.25, -0.2) is 4.79 Å². The molecule has 0 bridgehead atoms. The number of unbranched alkanes of at least 4 members (excludes halogenated alkanes) is 4. The minimum Gasteiger partial charge on any atom is -0.469 e. The number of hydrogen-bond acceptors (Lipinski definition) is 8. The Kier molecular flexibility index (Phi) is 11.2. The van der Waals surface area contributed by atoms with Gasteiger partial charge in [0.2, 0.25) is 5.60 Å². The molecule has 0 heterocycles. The lowest BCUT2D eigenvalue weighted by molar-refractivity contribution is -0.189. The molecule has 144 valence electrons. The zero-order valence-corrected chi connectivity index (χ0v) is 15.4. The monoisotopic (exact) mass is 360 g/mol. The average molecular weight is 360 g/mol. The second-order valence-electron chi connectivity index (χ2n) is 5.63. The molecule has 0 N–H and O–H groups in total. The molecule has 0 rings (SSSR count). The van der Waals surface area contributed by atoms with Crippen LogP contribution in [0.4, 0.5) is 0 Å². The van der Waals surface area contributed by atoms with Gasteiger partial charge in [0, 0.05) is 6.42 Å². The highest BCUT2D eigenvalue weighted by Gasteiger charge is 2.48. The van der Waals surface area contributed by atoms with Crippen LogP contribution in [-0.4, -0.2) is 50.8 Å². The van der Waals surface area contributed by atoms with E-state index in [1.807, 2.05) is 0 Å². The summed E-state index contributed by atoms with van der Waals surface area (Å²) in [6.45, 7) is 2.08. The first kappa shape index (κ1) is 22.9. The van der Waals surface area contributed by atoms with Crippen LogP contribution < -0.4 is 0 Å². The van der Waals surface area contributed by atoms with E-state index < -0.39 is 42.3 Å². The van der Waals surface area contributed by atoms with Gasteiger partial charge in [-0.15, -0.1) is 0 Å². The predicted octanol–water partition coefficient (Wildman–Crippen LogP) is 1.93. The fourth-order valence-electron chi connectivity index (χ4n) is 2.26. The van der Waals surface area contributed by atoms with Crippen LogP contribution in [-0.2, 0) is 38.1 Å². The Labute approximate surface area is 148 Å². The smallest absolute Gasteiger partial charge is 0.351 e. The maximum atomic E-state index is 12.2. The van der Waals surface area contributed by atoms with Gasteiger partial charge in [-0.1, -0.05) is 32.6 Å². The molecule has 0 fully saturated rings. The third-order valence-corrected chi connectivity index (χ3v) is 3.67. The van der Waals surface area contributed by atoms with Crippen molar-refractivity contribution in [1.29, 1.82) is 0 Å². The first-order valence-electron chi connectivity index (χ1n) is 8.29. The maximum Gasteiger partial charge on any atom is 0.351 e. The lowest BCUT2D eigenvalue weighted by Gasteiger charge is -2.28. The molecular formula is C17H28O8. The molecule has 0 aliphatic carbocycles. The van der Waals surface area contributed by atoms with E-state index >= 15 is 0 Å². The quantitative estimate of drug-likeness (QED) is 0.295. The Bertz CT molecular complexity index is 440. The summed E-state index contributed by atoms with van der Waals surface area (Å²) in [4.78, 5) is 47.6. The van der Waals surface area contributed by atoms with E-state index in [-0.39, 0.29) is 6.42 Å². The summed E-state index contributed by atoms with van der Waals surface area (Å²) in [5, 5.41) is 0. The average Bonchev–Trinajstić information content (AvgIpc) is 2.60. The molecule has 0 atom stereocenters. The van der Waals surface area contributed by atoms with Crippen LogP contribution in [0, 0.1) is 0 Å². The third-order valence-electron chi connectivity index (χ3n) is 3.67. The highest BCUT2D eigenvalue weighted by molar-refractivity contribution is 5.92. The zero-order chi connectivity index (χ0) is 19.3. The van der Waals surface area contributed by atoms with Gasteiger partial charge >= 0.3 is 23.9 Å². The van der Waals surface area contributed by atoms with Crippen molar-refractivity contribution in [2.45, 2.75) is 63.9 Å². The van der Waals surface area contributed by atoms with Gasteiger partial charge in [-0.2, -0.15) is 0 Å². The van der Waals surface area contributed by atoms with Gasteiger partial charge in [0.15, 0.2) is 0 Å². The van der Waals surface area contributed by atoms with Crippen molar-refractivity contribution in [2.75, 3.05) is 21.3 Å². The van der Waals surface area contributed by atoms with Crippen LogP contribution in [0.15, 0.2) is 0 Å². The van der Waals surface area contributed by atoms with Crippen LogP contribution in [0.2, 0.25) is 0 Å². The summed E-state index contributed by atoms with van der Waals surface area (Å²) in [5.74, 6) is -3.33. The van der Waals surface area contributed by atoms with Crippen molar-refractivity contribution in [3.05, 3.63) is 0 Å². The van der Waals surface area contributed by atoms with Crippen LogP contribution in [0.5, 0.6) is 0 Å². The van der Waals surface area contributed by atoms with Crippen LogP contribution in [0.1, 0.15) is 58.3 Å². The summed E-state index contributed by atoms with van der Waals surface area (Å²) in [6.07, 6.45) is 3.40. The molecule has 8 nitrogen and oxygen atoms in total. The van der Waals surface area contributed by atoms with E-state index in [1.54, 1.807) is 0 Å². The minimum atomic E-state index is -2.09. The Balaban J connectivity index is 5.12. The number of ether oxygens (including phenoxy) is 4. The van der Waals surface area contributed by atoms with Gasteiger partial charge < -0.3 is 18.9 Å². The molecule has 25 heavy (non-hydrogen) atoms. The summed E-state index contributed by atoms with van der Waals surface area (Å²) < 4.78 is 18.9. The van der Waals surface area contributed by atoms with E-state index in [2.05, 4.69) is 21.1 Å². The third kappa shape index (κ3) is 8.51. The number of carbonyl (C=O) groups excluding carboxylic acids is 4. The summed E-state index contributed by atoms with van der Waals surface area (Å²) >= 11 is 0. The summed E-state index contributed by atoms with van der Waals surface area (Å²) in [5.41, 5.74) is -2.09. The van der Waals surface area contributed by atoms with Crippen LogP contribution in [0.25, 0.3) is 0 Å². The van der Waals surface area contributed by atoms with Crippen molar-refractivity contribution in [3.8, 4) is 0 Å². The Morgan fingerprint density at radius 3 is 1.68 bits per heavy atom. The molecule has 0 saturated carbocycles. The fourth-order valence-corrected chi connectivity index (χ4v) is 2.26. The van der Waals surface area contributed by atoms with Gasteiger partial charge in [-0.3, -0.25) is 14.4 Å². The Hall–Kier alpha value is -2.12. The summed E-state index contributed by atoms with van der Waals surface area (Å²) in [7, 11) is 3.32. The molecule has 0 aliphatic heterocycles. The molecule has 0 spiro atoms. The predicted molar refractivity (Wildman–Crippen MR) is 87.5 cm³/mol. The normalized spacial score (nSPS) is 10.7. The highest BCUT2D eigenvalue weighted by atomic mass is 16.6. The zero-order valence-electron chi connectivity index (χ0n) is 15.4. The Morgan fingerprint density at radius 1 is 0.720 bits per heavy atom. The van der Waals surface area contributed by atoms with Crippen LogP contribution >= 0.6 is 0 Å². The minimum absolute atomic E-state index is 0.0742. The van der Waals surface area contributed by atoms with E-state index in [4.69, 9.17) is 4.74 Å². The SMILES string of the molecule is CCCCCCCC(=O)OC(CC(=O)OC)(CC(=O)OC)C(=O)OC. The first-order chi connectivity index (χ1) is 11.8. The number of hydrogen-bond donors (Lipinski definition) is 0. The van der Waals surface area contributed by atoms with Gasteiger partial charge in [0.1, 0.15) is 0 Å². The fraction of sp³-hybridized carbons (Fsp3) is 0.765. The van der Waals surface area contributed by atoms with Crippen molar-refractivity contribution in [3.63, 3.8) is 0 Å². The van der Waals surface area contributed by atoms with Gasteiger partial charge in [-0.05, 0) is 6.42 Å². The second kappa shape index (κ2) is 12.3. The largest absolute Gasteiger partial charge is 0.469 e. The topological polar surface area (TPSA) is 105 Å². The van der Waals surface area contributed by atoms with Gasteiger partial charge in [0.05, 0.1) is 34.2 Å². The highest BCUT2D eigenvalue weighted by Crippen LogP contribution is 2.26.